The molecule has 1 aromatic carbocycles. The van der Waals surface area contributed by atoms with Crippen molar-refractivity contribution in [1.82, 2.24) is 0 Å². The van der Waals surface area contributed by atoms with Crippen molar-refractivity contribution >= 4 is 21.6 Å². The molecule has 0 unspecified atom stereocenters. The summed E-state index contributed by atoms with van der Waals surface area (Å²) in [6, 6.07) is 7.34. The van der Waals surface area contributed by atoms with Crippen LogP contribution in [0.25, 0.3) is 0 Å². The molecular weight excluding hydrogens is 208 g/mol. The molecule has 11 heavy (non-hydrogen) atoms. The Kier molecular flexibility index (Phi) is 2.59. The molecule has 0 saturated heterocycles. The van der Waals surface area contributed by atoms with E-state index in [-0.39, 0.29) is 0 Å². The number of halogens is 1. The summed E-state index contributed by atoms with van der Waals surface area (Å²) in [5, 5.41) is 4.03. The van der Waals surface area contributed by atoms with Crippen LogP contribution in [0.15, 0.2) is 34.0 Å². The van der Waals surface area contributed by atoms with Gasteiger partial charge in [0.05, 0.1) is 11.0 Å². The predicted octanol–water partition coefficient (Wildman–Crippen LogP) is 2.57. The molecule has 0 bridgehead atoms. The highest BCUT2D eigenvalue weighted by atomic mass is 79.9. The van der Waals surface area contributed by atoms with E-state index in [4.69, 9.17) is 0 Å². The topological polar surface area (TPSA) is 32.7 Å². The fourth-order valence-electron chi connectivity index (χ4n) is 0.704. The van der Waals surface area contributed by atoms with Crippen LogP contribution in [0, 0.1) is 4.91 Å². The summed E-state index contributed by atoms with van der Waals surface area (Å²) in [5.41, 5.74) is 0.781. The second-order valence-corrected chi connectivity index (χ2v) is 3.00. The third-order valence-electron chi connectivity index (χ3n) is 1.32. The second kappa shape index (κ2) is 3.48. The molecule has 0 fully saturated rings. The van der Waals surface area contributed by atoms with Gasteiger partial charge < -0.3 is 0 Å². The molecule has 0 amide bonds. The highest BCUT2D eigenvalue weighted by Gasteiger charge is 1.97. The Morgan fingerprint density at radius 2 is 1.91 bits per heavy atom. The molecule has 0 aliphatic rings. The highest BCUT2D eigenvalue weighted by molar-refractivity contribution is 9.10. The van der Waals surface area contributed by atoms with Crippen LogP contribution in [0.5, 0.6) is 0 Å². The van der Waals surface area contributed by atoms with E-state index in [1.54, 1.807) is 7.05 Å². The van der Waals surface area contributed by atoms with E-state index < -0.39 is 0 Å². The summed E-state index contributed by atoms with van der Waals surface area (Å²) in [5.74, 6) is 0. The molecule has 0 heterocycles. The predicted molar refractivity (Wildman–Crippen MR) is 48.3 cm³/mol. The fraction of sp³-hybridized carbons (Fsp3) is 0.143. The molecule has 58 valence electrons. The first-order valence-electron chi connectivity index (χ1n) is 3.06. The van der Waals surface area contributed by atoms with Gasteiger partial charge in [-0.3, -0.25) is 0 Å². The molecule has 1 aromatic rings. The molecule has 0 aliphatic heterocycles. The lowest BCUT2D eigenvalue weighted by atomic mass is 10.3. The Labute approximate surface area is 73.1 Å². The van der Waals surface area contributed by atoms with Crippen molar-refractivity contribution in [3.8, 4) is 0 Å². The van der Waals surface area contributed by atoms with Crippen LogP contribution in [0.2, 0.25) is 0 Å². The quantitative estimate of drug-likeness (QED) is 0.560. The van der Waals surface area contributed by atoms with Crippen molar-refractivity contribution in [2.45, 2.75) is 0 Å². The Balaban J connectivity index is 2.89. The molecule has 1 rings (SSSR count). The van der Waals surface area contributed by atoms with Crippen LogP contribution in [-0.4, -0.2) is 7.05 Å². The van der Waals surface area contributed by atoms with E-state index in [0.29, 0.717) is 0 Å². The van der Waals surface area contributed by atoms with Crippen LogP contribution in [0.3, 0.4) is 0 Å². The number of nitrogens with zero attached hydrogens (tertiary/aromatic N) is 2. The Bertz CT molecular complexity index is 247. The van der Waals surface area contributed by atoms with Crippen molar-refractivity contribution in [3.63, 3.8) is 0 Å². The van der Waals surface area contributed by atoms with Gasteiger partial charge in [-0.25, -0.2) is 5.01 Å². The number of nitroso groups, excluding NO2 is 1. The van der Waals surface area contributed by atoms with Crippen molar-refractivity contribution < 1.29 is 0 Å². The highest BCUT2D eigenvalue weighted by Crippen LogP contribution is 2.16. The van der Waals surface area contributed by atoms with Gasteiger partial charge in [0.25, 0.3) is 0 Å². The van der Waals surface area contributed by atoms with Crippen LogP contribution in [-0.2, 0) is 0 Å². The van der Waals surface area contributed by atoms with Gasteiger partial charge in [-0.05, 0) is 24.3 Å². The molecule has 0 N–H and O–H groups in total. The van der Waals surface area contributed by atoms with E-state index in [1.807, 2.05) is 24.3 Å². The lowest BCUT2D eigenvalue weighted by Gasteiger charge is -2.06. The average molecular weight is 215 g/mol. The molecule has 0 aliphatic carbocycles. The fourth-order valence-corrected chi connectivity index (χ4v) is 0.968. The lowest BCUT2D eigenvalue weighted by molar-refractivity contribution is 1.00. The number of benzene rings is 1. The zero-order valence-corrected chi connectivity index (χ0v) is 7.58. The van der Waals surface area contributed by atoms with Crippen molar-refractivity contribution in [2.24, 2.45) is 5.29 Å². The van der Waals surface area contributed by atoms with E-state index in [0.717, 1.165) is 10.2 Å². The SMILES string of the molecule is CN(N=O)c1ccc(Br)cc1. The molecule has 0 atom stereocenters. The summed E-state index contributed by atoms with van der Waals surface area (Å²) in [6.07, 6.45) is 0. The minimum atomic E-state index is 0.781. The number of rotatable bonds is 2. The van der Waals surface area contributed by atoms with Crippen molar-refractivity contribution in [2.75, 3.05) is 12.1 Å². The second-order valence-electron chi connectivity index (χ2n) is 2.08. The largest absolute Gasteiger partial charge is 0.232 e. The van der Waals surface area contributed by atoms with Crippen LogP contribution in [0.4, 0.5) is 5.69 Å². The zero-order valence-electron chi connectivity index (χ0n) is 5.99. The molecule has 0 aromatic heterocycles. The van der Waals surface area contributed by atoms with E-state index >= 15 is 0 Å². The van der Waals surface area contributed by atoms with E-state index in [9.17, 15) is 4.91 Å². The van der Waals surface area contributed by atoms with Gasteiger partial charge in [0.15, 0.2) is 0 Å². The Morgan fingerprint density at radius 3 is 2.36 bits per heavy atom. The first-order valence-corrected chi connectivity index (χ1v) is 3.86. The van der Waals surface area contributed by atoms with Gasteiger partial charge >= 0.3 is 0 Å². The summed E-state index contributed by atoms with van der Waals surface area (Å²) in [4.78, 5) is 10.1. The molecule has 0 saturated carbocycles. The first-order chi connectivity index (χ1) is 5.24. The van der Waals surface area contributed by atoms with Crippen LogP contribution >= 0.6 is 15.9 Å². The third kappa shape index (κ3) is 2.01. The average Bonchev–Trinajstić information content (AvgIpc) is 2.05. The van der Waals surface area contributed by atoms with Gasteiger partial charge in [-0.1, -0.05) is 15.9 Å². The van der Waals surface area contributed by atoms with E-state index in [1.165, 1.54) is 5.01 Å². The normalized spacial score (nSPS) is 9.27. The van der Waals surface area contributed by atoms with Gasteiger partial charge in [-0.15, -0.1) is 4.91 Å². The maximum atomic E-state index is 10.1. The Morgan fingerprint density at radius 1 is 1.36 bits per heavy atom. The summed E-state index contributed by atoms with van der Waals surface area (Å²) >= 11 is 3.29. The molecule has 4 heteroatoms. The summed E-state index contributed by atoms with van der Waals surface area (Å²) < 4.78 is 0.987. The number of hydrogen-bond donors (Lipinski definition) is 0. The Hall–Kier alpha value is -0.900. The standard InChI is InChI=1S/C7H7BrN2O/c1-10(9-11)7-4-2-6(8)3-5-7/h2-5H,1H3. The summed E-state index contributed by atoms with van der Waals surface area (Å²) in [7, 11) is 1.61. The van der Waals surface area contributed by atoms with Gasteiger partial charge in [0, 0.05) is 11.5 Å². The van der Waals surface area contributed by atoms with Crippen LogP contribution < -0.4 is 5.01 Å². The third-order valence-corrected chi connectivity index (χ3v) is 1.85. The minimum Gasteiger partial charge on any atom is -0.232 e. The van der Waals surface area contributed by atoms with Crippen molar-refractivity contribution in [1.29, 1.82) is 0 Å². The smallest absolute Gasteiger partial charge is 0.0623 e. The van der Waals surface area contributed by atoms with Gasteiger partial charge in [0.2, 0.25) is 0 Å². The van der Waals surface area contributed by atoms with E-state index in [2.05, 4.69) is 21.2 Å². The summed E-state index contributed by atoms with van der Waals surface area (Å²) in [6.45, 7) is 0. The minimum absolute atomic E-state index is 0.781. The first kappa shape index (κ1) is 8.20. The van der Waals surface area contributed by atoms with Crippen LogP contribution in [0.1, 0.15) is 0 Å². The number of hydrogen-bond acceptors (Lipinski definition) is 2. The molecule has 0 spiro atoms. The lowest BCUT2D eigenvalue weighted by Crippen LogP contribution is -2.05. The maximum absolute atomic E-state index is 10.1. The molecule has 3 nitrogen and oxygen atoms in total. The van der Waals surface area contributed by atoms with Gasteiger partial charge in [-0.2, -0.15) is 0 Å². The van der Waals surface area contributed by atoms with Crippen molar-refractivity contribution in [3.05, 3.63) is 33.6 Å². The molecular formula is C7H7BrN2O. The molecule has 0 radical (unpaired) electrons. The zero-order chi connectivity index (χ0) is 8.27. The van der Waals surface area contributed by atoms with Gasteiger partial charge in [0.1, 0.15) is 0 Å². The maximum Gasteiger partial charge on any atom is 0.0623 e. The number of anilines is 1. The monoisotopic (exact) mass is 214 g/mol.